The van der Waals surface area contributed by atoms with E-state index in [4.69, 9.17) is 9.32 Å². The second-order valence-electron chi connectivity index (χ2n) is 6.79. The summed E-state index contributed by atoms with van der Waals surface area (Å²) in [5.74, 6) is 6.47. The fraction of sp³-hybridized carbons (Fsp3) is 0.474. The molecule has 1 aliphatic carbocycles. The molecule has 0 spiro atoms. The van der Waals surface area contributed by atoms with Gasteiger partial charge in [-0.2, -0.15) is 5.10 Å². The lowest BCUT2D eigenvalue weighted by atomic mass is 10.1. The van der Waals surface area contributed by atoms with Crippen molar-refractivity contribution >= 4 is 22.9 Å². The highest BCUT2D eigenvalue weighted by Gasteiger charge is 2.27. The van der Waals surface area contributed by atoms with Gasteiger partial charge in [-0.1, -0.05) is 12.8 Å². The average molecular weight is 417 g/mol. The number of nitrogens with one attached hydrogen (secondary N) is 1. The smallest absolute Gasteiger partial charge is 0.231 e. The minimum atomic E-state index is -1.75. The third kappa shape index (κ3) is 5.93. The summed E-state index contributed by atoms with van der Waals surface area (Å²) in [5.41, 5.74) is 0.699. The number of carbonyl (C=O) groups excluding carboxylic acids is 1. The van der Waals surface area contributed by atoms with Gasteiger partial charge in [0.05, 0.1) is 12.2 Å². The Balaban J connectivity index is 1.66. The van der Waals surface area contributed by atoms with Crippen LogP contribution in [0.5, 0.6) is 0 Å². The summed E-state index contributed by atoms with van der Waals surface area (Å²) in [6.45, 7) is 2.78. The summed E-state index contributed by atoms with van der Waals surface area (Å²) < 4.78 is 17.5. The summed E-state index contributed by atoms with van der Waals surface area (Å²) in [7, 11) is 0. The van der Waals surface area contributed by atoms with E-state index >= 15 is 0 Å². The van der Waals surface area contributed by atoms with Crippen molar-refractivity contribution in [3.05, 3.63) is 36.0 Å². The van der Waals surface area contributed by atoms with E-state index in [1.54, 1.807) is 16.9 Å². The zero-order chi connectivity index (χ0) is 20.6. The molecule has 2 aromatic rings. The van der Waals surface area contributed by atoms with Gasteiger partial charge < -0.3 is 5.32 Å². The lowest BCUT2D eigenvalue weighted by molar-refractivity contribution is 0.103. The van der Waals surface area contributed by atoms with Crippen molar-refractivity contribution in [1.29, 1.82) is 0 Å². The number of nitrogens with two attached hydrogens (primary N) is 1. The molecule has 0 saturated heterocycles. The van der Waals surface area contributed by atoms with Crippen LogP contribution in [0.3, 0.4) is 0 Å². The molecular weight excluding hydrogens is 392 g/mol. The molecular formula is C19H24N6O3S. The summed E-state index contributed by atoms with van der Waals surface area (Å²) in [5, 5.41) is 12.8. The van der Waals surface area contributed by atoms with Crippen LogP contribution in [-0.4, -0.2) is 42.4 Å². The molecule has 0 bridgehead atoms. The fourth-order valence-electron chi connectivity index (χ4n) is 3.30. The molecule has 1 aliphatic rings. The van der Waals surface area contributed by atoms with Crippen LogP contribution in [0.1, 0.15) is 48.7 Å². The maximum absolute atomic E-state index is 12.9. The standard InChI is InChI=1S/C19H24N6O3S/c1-2-3-4-8-25-9-7-17(24-25)18(26)16-11-21-13-22-19(16)23-15-6-5-14(10-15)12-28-29(20)27/h7,9,11,13-15H,2,5-6,8,10,12,20H2,1H3,(H,21,22,23)/t14-,15+,29?/m1/s1. The first kappa shape index (κ1) is 21.1. The minimum Gasteiger partial charge on any atom is -0.367 e. The Morgan fingerprint density at radius 3 is 3.10 bits per heavy atom. The minimum absolute atomic E-state index is 0.137. The molecule has 3 rings (SSSR count). The van der Waals surface area contributed by atoms with Crippen LogP contribution in [0, 0.1) is 17.8 Å². The van der Waals surface area contributed by atoms with Crippen molar-refractivity contribution in [2.75, 3.05) is 11.9 Å². The largest absolute Gasteiger partial charge is 0.367 e. The third-order valence-corrected chi connectivity index (χ3v) is 5.04. The molecule has 154 valence electrons. The molecule has 9 nitrogen and oxygen atoms in total. The molecule has 10 heteroatoms. The van der Waals surface area contributed by atoms with E-state index in [2.05, 4.69) is 32.2 Å². The highest BCUT2D eigenvalue weighted by Crippen LogP contribution is 2.29. The predicted octanol–water partition coefficient (Wildman–Crippen LogP) is 1.45. The van der Waals surface area contributed by atoms with Gasteiger partial charge in [0, 0.05) is 24.9 Å². The third-order valence-electron chi connectivity index (χ3n) is 4.67. The van der Waals surface area contributed by atoms with Gasteiger partial charge >= 0.3 is 0 Å². The number of nitrogens with zero attached hydrogens (tertiary/aromatic N) is 4. The predicted molar refractivity (Wildman–Crippen MR) is 109 cm³/mol. The Labute approximate surface area is 172 Å². The molecule has 0 radical (unpaired) electrons. The first-order valence-electron chi connectivity index (χ1n) is 9.46. The average Bonchev–Trinajstić information content (AvgIpc) is 3.36. The first-order chi connectivity index (χ1) is 14.1. The van der Waals surface area contributed by atoms with E-state index in [1.165, 1.54) is 12.5 Å². The number of carbonyl (C=O) groups is 1. The van der Waals surface area contributed by atoms with E-state index in [1.807, 2.05) is 6.92 Å². The van der Waals surface area contributed by atoms with E-state index in [-0.39, 0.29) is 17.7 Å². The van der Waals surface area contributed by atoms with Crippen LogP contribution in [0.25, 0.3) is 0 Å². The summed E-state index contributed by atoms with van der Waals surface area (Å²) in [4.78, 5) is 21.2. The Morgan fingerprint density at radius 2 is 2.31 bits per heavy atom. The van der Waals surface area contributed by atoms with E-state index in [9.17, 15) is 9.00 Å². The molecule has 2 heterocycles. The second-order valence-corrected chi connectivity index (χ2v) is 7.54. The Morgan fingerprint density at radius 1 is 1.45 bits per heavy atom. The molecule has 1 saturated carbocycles. The van der Waals surface area contributed by atoms with E-state index in [0.717, 1.165) is 25.7 Å². The molecule has 2 aromatic heterocycles. The monoisotopic (exact) mass is 416 g/mol. The zero-order valence-corrected chi connectivity index (χ0v) is 17.0. The van der Waals surface area contributed by atoms with Crippen LogP contribution in [-0.2, 0) is 22.0 Å². The zero-order valence-electron chi connectivity index (χ0n) is 16.2. The van der Waals surface area contributed by atoms with Crippen molar-refractivity contribution in [2.24, 2.45) is 11.1 Å². The number of hydrogen-bond acceptors (Lipinski definition) is 7. The maximum Gasteiger partial charge on any atom is 0.231 e. The van der Waals surface area contributed by atoms with Crippen LogP contribution in [0.15, 0.2) is 24.8 Å². The van der Waals surface area contributed by atoms with Crippen molar-refractivity contribution in [2.45, 2.75) is 45.2 Å². The second kappa shape index (κ2) is 10.2. The van der Waals surface area contributed by atoms with Crippen molar-refractivity contribution in [3.63, 3.8) is 0 Å². The quantitative estimate of drug-likeness (QED) is 0.493. The lowest BCUT2D eigenvalue weighted by Crippen LogP contribution is -2.20. The van der Waals surface area contributed by atoms with Crippen LogP contribution in [0.2, 0.25) is 0 Å². The number of ketones is 1. The van der Waals surface area contributed by atoms with Crippen molar-refractivity contribution in [1.82, 2.24) is 19.7 Å². The molecule has 1 unspecified atom stereocenters. The number of anilines is 1. The molecule has 0 aliphatic heterocycles. The number of aromatic nitrogens is 4. The molecule has 3 atom stereocenters. The van der Waals surface area contributed by atoms with Crippen molar-refractivity contribution in [3.8, 4) is 11.8 Å². The van der Waals surface area contributed by atoms with Crippen LogP contribution >= 0.6 is 0 Å². The molecule has 0 amide bonds. The van der Waals surface area contributed by atoms with Gasteiger partial charge in [-0.05, 0) is 31.2 Å². The van der Waals surface area contributed by atoms with Gasteiger partial charge in [-0.15, -0.1) is 5.92 Å². The highest BCUT2D eigenvalue weighted by molar-refractivity contribution is 7.77. The van der Waals surface area contributed by atoms with Gasteiger partial charge in [0.15, 0.2) is 0 Å². The number of hydrogen-bond donors (Lipinski definition) is 2. The Kier molecular flexibility index (Phi) is 7.46. The normalized spacial score (nSPS) is 19.4. The Hall–Kier alpha value is -2.61. The summed E-state index contributed by atoms with van der Waals surface area (Å²) in [6.07, 6.45) is 8.06. The van der Waals surface area contributed by atoms with E-state index in [0.29, 0.717) is 30.2 Å². The molecule has 0 aromatic carbocycles. The SMILES string of the molecule is CCC#CCn1ccc(C(=O)c2cncnc2N[C@H]2CC[C@@H](COS(N)=O)C2)n1. The summed E-state index contributed by atoms with van der Waals surface area (Å²) >= 11 is -1.75. The fourth-order valence-corrected chi connectivity index (χ4v) is 3.62. The molecule has 29 heavy (non-hydrogen) atoms. The summed E-state index contributed by atoms with van der Waals surface area (Å²) in [6, 6.07) is 1.81. The molecule has 3 N–H and O–H groups in total. The van der Waals surface area contributed by atoms with Crippen LogP contribution in [0.4, 0.5) is 5.82 Å². The van der Waals surface area contributed by atoms with Gasteiger partial charge in [0.25, 0.3) is 0 Å². The maximum atomic E-state index is 12.9. The van der Waals surface area contributed by atoms with E-state index < -0.39 is 11.3 Å². The Bertz CT molecular complexity index is 935. The van der Waals surface area contributed by atoms with Gasteiger partial charge in [-0.25, -0.2) is 19.3 Å². The first-order valence-corrected chi connectivity index (χ1v) is 10.6. The van der Waals surface area contributed by atoms with Crippen LogP contribution < -0.4 is 10.5 Å². The van der Waals surface area contributed by atoms with Gasteiger partial charge in [0.2, 0.25) is 17.0 Å². The van der Waals surface area contributed by atoms with Gasteiger partial charge in [0.1, 0.15) is 24.4 Å². The topological polar surface area (TPSA) is 125 Å². The highest BCUT2D eigenvalue weighted by atomic mass is 32.2. The van der Waals surface area contributed by atoms with Gasteiger partial charge in [-0.3, -0.25) is 13.7 Å². The van der Waals surface area contributed by atoms with Crippen molar-refractivity contribution < 1.29 is 13.2 Å². The lowest BCUT2D eigenvalue weighted by Gasteiger charge is -2.15. The number of rotatable bonds is 8. The molecule has 1 fully saturated rings.